The molecule has 0 aliphatic carbocycles. The number of urea groups is 1. The quantitative estimate of drug-likeness (QED) is 0.265. The fraction of sp³-hybridized carbons (Fsp3) is 0.148. The van der Waals surface area contributed by atoms with Gasteiger partial charge in [0.05, 0.1) is 33.1 Å². The number of carbonyl (C=O) groups is 1. The molecule has 1 unspecified atom stereocenters. The molecule has 4 aromatic rings. The fourth-order valence-corrected chi connectivity index (χ4v) is 4.20. The van der Waals surface area contributed by atoms with Crippen LogP contribution in [-0.2, 0) is 0 Å². The summed E-state index contributed by atoms with van der Waals surface area (Å²) in [6, 6.07) is 23.8. The van der Waals surface area contributed by atoms with E-state index < -0.39 is 6.03 Å². The van der Waals surface area contributed by atoms with Gasteiger partial charge in [-0.2, -0.15) is 4.98 Å². The molecule has 0 radical (unpaired) electrons. The molecule has 0 bridgehead atoms. The SMILES string of the molecule is CC(Nc1nccc(N(C(=O)Nc2c(Cl)cccc2Cl)c2ccccc2N(C)C)n1)c1ccccc1. The normalized spacial score (nSPS) is 11.5. The third kappa shape index (κ3) is 5.70. The van der Waals surface area contributed by atoms with Crippen molar-refractivity contribution in [2.45, 2.75) is 13.0 Å². The third-order valence-electron chi connectivity index (χ3n) is 5.52. The Morgan fingerprint density at radius 2 is 1.50 bits per heavy atom. The average Bonchev–Trinajstić information content (AvgIpc) is 2.87. The average molecular weight is 521 g/mol. The number of rotatable bonds is 7. The van der Waals surface area contributed by atoms with Crippen LogP contribution in [-0.4, -0.2) is 30.1 Å². The van der Waals surface area contributed by atoms with Crippen molar-refractivity contribution in [3.8, 4) is 0 Å². The van der Waals surface area contributed by atoms with Crippen molar-refractivity contribution in [3.63, 3.8) is 0 Å². The minimum Gasteiger partial charge on any atom is -0.376 e. The molecule has 9 heteroatoms. The Balaban J connectivity index is 1.74. The van der Waals surface area contributed by atoms with Crippen molar-refractivity contribution in [1.82, 2.24) is 9.97 Å². The molecular weight excluding hydrogens is 495 g/mol. The van der Waals surface area contributed by atoms with Gasteiger partial charge in [0.25, 0.3) is 0 Å². The molecule has 2 N–H and O–H groups in total. The number of amides is 2. The Bertz CT molecular complexity index is 1330. The summed E-state index contributed by atoms with van der Waals surface area (Å²) in [6.07, 6.45) is 1.61. The van der Waals surface area contributed by atoms with E-state index in [1.54, 1.807) is 30.5 Å². The monoisotopic (exact) mass is 520 g/mol. The van der Waals surface area contributed by atoms with Crippen LogP contribution < -0.4 is 20.4 Å². The molecule has 0 aliphatic rings. The summed E-state index contributed by atoms with van der Waals surface area (Å²) in [6.45, 7) is 2.02. The van der Waals surface area contributed by atoms with Gasteiger partial charge in [0.2, 0.25) is 5.95 Å². The molecule has 0 saturated carbocycles. The number of nitrogens with zero attached hydrogens (tertiary/aromatic N) is 4. The summed E-state index contributed by atoms with van der Waals surface area (Å²) >= 11 is 12.7. The summed E-state index contributed by atoms with van der Waals surface area (Å²) in [5.74, 6) is 0.766. The first kappa shape index (κ1) is 25.3. The predicted octanol–water partition coefficient (Wildman–Crippen LogP) is 7.39. The smallest absolute Gasteiger partial charge is 0.332 e. The maximum Gasteiger partial charge on any atom is 0.332 e. The molecule has 0 spiro atoms. The highest BCUT2D eigenvalue weighted by Gasteiger charge is 2.25. The summed E-state index contributed by atoms with van der Waals surface area (Å²) in [5, 5.41) is 6.83. The lowest BCUT2D eigenvalue weighted by Crippen LogP contribution is -2.33. The van der Waals surface area contributed by atoms with Crippen LogP contribution in [0, 0.1) is 0 Å². The predicted molar refractivity (Wildman–Crippen MR) is 149 cm³/mol. The molecule has 0 saturated heterocycles. The van der Waals surface area contributed by atoms with Crippen LogP contribution >= 0.6 is 23.2 Å². The number of anilines is 5. The van der Waals surface area contributed by atoms with Gasteiger partial charge in [-0.15, -0.1) is 0 Å². The number of carbonyl (C=O) groups excluding carboxylic acids is 1. The number of benzene rings is 3. The van der Waals surface area contributed by atoms with Gasteiger partial charge in [0, 0.05) is 26.4 Å². The zero-order valence-corrected chi connectivity index (χ0v) is 21.6. The van der Waals surface area contributed by atoms with Gasteiger partial charge in [-0.25, -0.2) is 14.7 Å². The van der Waals surface area contributed by atoms with Crippen molar-refractivity contribution < 1.29 is 4.79 Å². The van der Waals surface area contributed by atoms with E-state index in [0.29, 0.717) is 33.2 Å². The molecule has 184 valence electrons. The standard InChI is InChI=1S/C27H26Cl2N6O/c1-18(19-10-5-4-6-11-19)31-26-30-17-16-24(32-26)35(23-15-8-7-14-22(23)34(2)3)27(36)33-25-20(28)12-9-13-21(25)29/h4-18H,1-3H3,(H,33,36)(H,30,31,32). The van der Waals surface area contributed by atoms with Crippen molar-refractivity contribution in [1.29, 1.82) is 0 Å². The molecule has 4 rings (SSSR count). The maximum absolute atomic E-state index is 13.7. The first-order valence-electron chi connectivity index (χ1n) is 11.3. The highest BCUT2D eigenvalue weighted by atomic mass is 35.5. The maximum atomic E-state index is 13.7. The minimum absolute atomic E-state index is 0.0419. The molecule has 1 aromatic heterocycles. The lowest BCUT2D eigenvalue weighted by Gasteiger charge is -2.27. The van der Waals surface area contributed by atoms with E-state index in [2.05, 4.69) is 20.6 Å². The Labute approximate surface area is 220 Å². The van der Waals surface area contributed by atoms with E-state index in [9.17, 15) is 4.79 Å². The third-order valence-corrected chi connectivity index (χ3v) is 6.15. The van der Waals surface area contributed by atoms with Crippen LogP contribution in [0.2, 0.25) is 10.0 Å². The lowest BCUT2D eigenvalue weighted by molar-refractivity contribution is 0.259. The lowest BCUT2D eigenvalue weighted by atomic mass is 10.1. The van der Waals surface area contributed by atoms with E-state index in [1.807, 2.05) is 80.5 Å². The van der Waals surface area contributed by atoms with Gasteiger partial charge in [-0.1, -0.05) is 71.7 Å². The molecule has 0 fully saturated rings. The highest BCUT2D eigenvalue weighted by molar-refractivity contribution is 6.40. The summed E-state index contributed by atoms with van der Waals surface area (Å²) in [5.41, 5.74) is 2.86. The van der Waals surface area contributed by atoms with Crippen molar-refractivity contribution in [2.24, 2.45) is 0 Å². The van der Waals surface area contributed by atoms with Crippen LogP contribution in [0.1, 0.15) is 18.5 Å². The Kier molecular flexibility index (Phi) is 7.93. The number of hydrogen-bond donors (Lipinski definition) is 2. The van der Waals surface area contributed by atoms with Gasteiger partial charge >= 0.3 is 6.03 Å². The Morgan fingerprint density at radius 3 is 2.17 bits per heavy atom. The van der Waals surface area contributed by atoms with Gasteiger partial charge < -0.3 is 15.5 Å². The zero-order valence-electron chi connectivity index (χ0n) is 20.1. The topological polar surface area (TPSA) is 73.4 Å². The fourth-order valence-electron chi connectivity index (χ4n) is 3.71. The van der Waals surface area contributed by atoms with Crippen LogP contribution in [0.25, 0.3) is 0 Å². The van der Waals surface area contributed by atoms with Gasteiger partial charge in [0.15, 0.2) is 0 Å². The number of para-hydroxylation sites is 3. The van der Waals surface area contributed by atoms with Crippen molar-refractivity contribution in [2.75, 3.05) is 34.5 Å². The van der Waals surface area contributed by atoms with Crippen molar-refractivity contribution >= 4 is 58.1 Å². The number of halogens is 2. The van der Waals surface area contributed by atoms with Crippen LogP contribution in [0.15, 0.2) is 85.1 Å². The first-order valence-corrected chi connectivity index (χ1v) is 12.1. The first-order chi connectivity index (χ1) is 17.3. The number of aromatic nitrogens is 2. The van der Waals surface area contributed by atoms with Crippen molar-refractivity contribution in [3.05, 3.63) is 101 Å². The Hall–Kier alpha value is -3.81. The number of nitrogens with one attached hydrogen (secondary N) is 2. The molecular formula is C27H26Cl2N6O. The second-order valence-electron chi connectivity index (χ2n) is 8.26. The van der Waals surface area contributed by atoms with Crippen LogP contribution in [0.3, 0.4) is 0 Å². The van der Waals surface area contributed by atoms with Crippen LogP contribution in [0.5, 0.6) is 0 Å². The molecule has 36 heavy (non-hydrogen) atoms. The molecule has 0 aliphatic heterocycles. The van der Waals surface area contributed by atoms with E-state index in [1.165, 1.54) is 4.90 Å². The largest absolute Gasteiger partial charge is 0.376 e. The minimum atomic E-state index is -0.472. The zero-order chi connectivity index (χ0) is 25.7. The second kappa shape index (κ2) is 11.3. The van der Waals surface area contributed by atoms with E-state index >= 15 is 0 Å². The molecule has 2 amide bonds. The molecule has 1 heterocycles. The van der Waals surface area contributed by atoms with Gasteiger partial charge in [-0.05, 0) is 36.8 Å². The Morgan fingerprint density at radius 1 is 0.861 bits per heavy atom. The van der Waals surface area contributed by atoms with E-state index in [4.69, 9.17) is 23.2 Å². The van der Waals surface area contributed by atoms with E-state index in [-0.39, 0.29) is 6.04 Å². The summed E-state index contributed by atoms with van der Waals surface area (Å²) in [7, 11) is 3.82. The summed E-state index contributed by atoms with van der Waals surface area (Å²) in [4.78, 5) is 26.2. The molecule has 1 atom stereocenters. The second-order valence-corrected chi connectivity index (χ2v) is 9.07. The van der Waals surface area contributed by atoms with E-state index in [0.717, 1.165) is 11.3 Å². The summed E-state index contributed by atoms with van der Waals surface area (Å²) < 4.78 is 0. The molecule has 3 aromatic carbocycles. The van der Waals surface area contributed by atoms with Crippen LogP contribution in [0.4, 0.5) is 33.6 Å². The number of hydrogen-bond acceptors (Lipinski definition) is 5. The highest BCUT2D eigenvalue weighted by Crippen LogP contribution is 2.36. The molecule has 7 nitrogen and oxygen atoms in total. The van der Waals surface area contributed by atoms with Gasteiger partial charge in [-0.3, -0.25) is 0 Å². The van der Waals surface area contributed by atoms with Gasteiger partial charge in [0.1, 0.15) is 5.82 Å².